The predicted molar refractivity (Wildman–Crippen MR) is 44.2 cm³/mol. The van der Waals surface area contributed by atoms with Gasteiger partial charge >= 0.3 is 80.1 Å². The van der Waals surface area contributed by atoms with Gasteiger partial charge < -0.3 is 0 Å². The average Bonchev–Trinajstić information content (AvgIpc) is 2.03. The molecule has 5 nitrogen and oxygen atoms in total. The number of hydrogen-bond acceptors (Lipinski definition) is 5. The molecule has 0 bridgehead atoms. The second kappa shape index (κ2) is 3.77. The molecule has 0 spiro atoms. The fourth-order valence-electron chi connectivity index (χ4n) is 0.746. The molecule has 1 rings (SSSR count). The Morgan fingerprint density at radius 1 is 1.15 bits per heavy atom. The molecule has 0 heterocycles. The maximum absolute atomic E-state index is 10.4. The van der Waals surface area contributed by atoms with Gasteiger partial charge in [-0.3, -0.25) is 0 Å². The van der Waals surface area contributed by atoms with Crippen LogP contribution in [0.1, 0.15) is 0 Å². The third-order valence-electron chi connectivity index (χ3n) is 1.36. The summed E-state index contributed by atoms with van der Waals surface area (Å²) >= 11 is -2.96. The second-order valence-corrected chi connectivity index (χ2v) is 5.92. The van der Waals surface area contributed by atoms with E-state index in [4.69, 9.17) is 8.19 Å². The Balaban J connectivity index is 3.08. The van der Waals surface area contributed by atoms with Gasteiger partial charge in [-0.25, -0.2) is 0 Å². The molecule has 0 unspecified atom stereocenters. The summed E-state index contributed by atoms with van der Waals surface area (Å²) in [6, 6.07) is 4.58. The van der Waals surface area contributed by atoms with Crippen LogP contribution in [-0.4, -0.2) is 36.5 Å². The summed E-state index contributed by atoms with van der Waals surface area (Å²) in [6.07, 6.45) is 0. The van der Waals surface area contributed by atoms with Crippen LogP contribution in [0.4, 0.5) is 0 Å². The fourth-order valence-corrected chi connectivity index (χ4v) is 2.09. The Hall–Kier alpha value is -0.392. The van der Waals surface area contributed by atoms with Crippen molar-refractivity contribution in [3.05, 3.63) is 24.3 Å². The van der Waals surface area contributed by atoms with Gasteiger partial charge in [0, 0.05) is 0 Å². The van der Waals surface area contributed by atoms with Crippen molar-refractivity contribution in [2.24, 2.45) is 0 Å². The van der Waals surface area contributed by atoms with E-state index < -0.39 is 25.5 Å². The summed E-state index contributed by atoms with van der Waals surface area (Å²) < 4.78 is 49.2. The molecule has 0 saturated carbocycles. The topological polar surface area (TPSA) is 97.7 Å². The van der Waals surface area contributed by atoms with Gasteiger partial charge in [-0.15, -0.1) is 0 Å². The summed E-state index contributed by atoms with van der Waals surface area (Å²) in [5.41, 5.74) is 0. The third kappa shape index (κ3) is 2.79. The van der Waals surface area contributed by atoms with Gasteiger partial charge in [0.25, 0.3) is 0 Å². The molecule has 0 aliphatic heterocycles. The molecule has 0 saturated heterocycles. The molecule has 0 atom stereocenters. The van der Waals surface area contributed by atoms with Crippen LogP contribution in [0.3, 0.4) is 0 Å². The number of rotatable bonds is 2. The van der Waals surface area contributed by atoms with E-state index in [2.05, 4.69) is 0 Å². The SMILES string of the molecule is O=S(=O)([O-])c1ccc([As](O)O)cc1. The van der Waals surface area contributed by atoms with Crippen molar-refractivity contribution in [3.8, 4) is 0 Å². The average molecular weight is 265 g/mol. The van der Waals surface area contributed by atoms with E-state index in [1.54, 1.807) is 0 Å². The van der Waals surface area contributed by atoms with E-state index in [9.17, 15) is 13.0 Å². The molecule has 0 aromatic heterocycles. The molecule has 0 aliphatic rings. The first kappa shape index (κ1) is 10.7. The first-order valence-electron chi connectivity index (χ1n) is 3.15. The van der Waals surface area contributed by atoms with Gasteiger partial charge in [0.2, 0.25) is 0 Å². The van der Waals surface area contributed by atoms with Crippen molar-refractivity contribution < 1.29 is 21.2 Å². The molecule has 1 aromatic carbocycles. The minimum atomic E-state index is -4.44. The van der Waals surface area contributed by atoms with Crippen molar-refractivity contribution >= 4 is 29.8 Å². The van der Waals surface area contributed by atoms with Crippen LogP contribution in [0.2, 0.25) is 0 Å². The van der Waals surface area contributed by atoms with Crippen LogP contribution in [0, 0.1) is 0 Å². The Labute approximate surface area is 80.4 Å². The monoisotopic (exact) mass is 265 g/mol. The molecule has 0 radical (unpaired) electrons. The fraction of sp³-hybridized carbons (Fsp3) is 0. The standard InChI is InChI=1S/C6H7AsO5S/c8-7(9)5-1-3-6(4-2-5)13(10,11)12/h1-4,8-9H,(H,10,11,12)/p-1. The first-order chi connectivity index (χ1) is 5.91. The Morgan fingerprint density at radius 3 is 1.92 bits per heavy atom. The molecular formula is C6H6AsO5S-. The molecule has 0 amide bonds. The van der Waals surface area contributed by atoms with Crippen molar-refractivity contribution in [2.45, 2.75) is 4.90 Å². The quantitative estimate of drug-likeness (QED) is 0.489. The zero-order valence-electron chi connectivity index (χ0n) is 6.28. The van der Waals surface area contributed by atoms with Gasteiger partial charge in [-0.05, 0) is 0 Å². The van der Waals surface area contributed by atoms with Crippen LogP contribution in [0.25, 0.3) is 0 Å². The van der Waals surface area contributed by atoms with Crippen molar-refractivity contribution in [1.29, 1.82) is 0 Å². The van der Waals surface area contributed by atoms with E-state index in [1.807, 2.05) is 0 Å². The summed E-state index contributed by atoms with van der Waals surface area (Å²) in [5, 5.41) is 0. The van der Waals surface area contributed by atoms with E-state index in [1.165, 1.54) is 12.1 Å². The van der Waals surface area contributed by atoms with Crippen LogP contribution < -0.4 is 4.35 Å². The molecule has 1 aromatic rings. The molecule has 2 N–H and O–H groups in total. The summed E-state index contributed by atoms with van der Waals surface area (Å²) in [7, 11) is -4.44. The number of benzene rings is 1. The molecule has 7 heteroatoms. The third-order valence-corrected chi connectivity index (χ3v) is 3.80. The van der Waals surface area contributed by atoms with Crippen LogP contribution >= 0.6 is 0 Å². The van der Waals surface area contributed by atoms with E-state index >= 15 is 0 Å². The van der Waals surface area contributed by atoms with Crippen molar-refractivity contribution in [2.75, 3.05) is 0 Å². The summed E-state index contributed by atoms with van der Waals surface area (Å²) in [5.74, 6) is 0. The Morgan fingerprint density at radius 2 is 1.62 bits per heavy atom. The van der Waals surface area contributed by atoms with E-state index in [0.717, 1.165) is 12.1 Å². The second-order valence-electron chi connectivity index (χ2n) is 2.24. The molecule has 0 fully saturated rings. The molecule has 13 heavy (non-hydrogen) atoms. The first-order valence-corrected chi connectivity index (χ1v) is 7.17. The van der Waals surface area contributed by atoms with E-state index in [0.29, 0.717) is 0 Å². The van der Waals surface area contributed by atoms with Gasteiger partial charge in [0.15, 0.2) is 0 Å². The summed E-state index contributed by atoms with van der Waals surface area (Å²) in [4.78, 5) is -0.368. The van der Waals surface area contributed by atoms with Crippen LogP contribution in [-0.2, 0) is 10.1 Å². The molecule has 72 valence electrons. The minimum absolute atomic E-state index is 0.278. The van der Waals surface area contributed by atoms with Crippen LogP contribution in [0.15, 0.2) is 29.2 Å². The number of hydrogen-bond donors (Lipinski definition) is 2. The zero-order valence-corrected chi connectivity index (χ0v) is 8.98. The maximum atomic E-state index is 10.4. The van der Waals surface area contributed by atoms with Gasteiger partial charge in [0.05, 0.1) is 0 Å². The predicted octanol–water partition coefficient (Wildman–Crippen LogP) is -1.73. The van der Waals surface area contributed by atoms with Crippen LogP contribution in [0.5, 0.6) is 0 Å². The van der Waals surface area contributed by atoms with Gasteiger partial charge in [-0.2, -0.15) is 0 Å². The molecular weight excluding hydrogens is 259 g/mol. The molecule has 0 aliphatic carbocycles. The van der Waals surface area contributed by atoms with Gasteiger partial charge in [-0.1, -0.05) is 0 Å². The van der Waals surface area contributed by atoms with Crippen molar-refractivity contribution in [3.63, 3.8) is 0 Å². The zero-order chi connectivity index (χ0) is 10.1. The Kier molecular flexibility index (Phi) is 3.10. The van der Waals surface area contributed by atoms with E-state index in [-0.39, 0.29) is 9.25 Å². The van der Waals surface area contributed by atoms with Crippen molar-refractivity contribution in [1.82, 2.24) is 0 Å². The Bertz CT molecular complexity index is 382. The van der Waals surface area contributed by atoms with Gasteiger partial charge in [0.1, 0.15) is 0 Å². The normalized spacial score (nSPS) is 12.0. The summed E-state index contributed by atoms with van der Waals surface area (Å²) in [6.45, 7) is 0.